The van der Waals surface area contributed by atoms with E-state index in [1.54, 1.807) is 0 Å². The van der Waals surface area contributed by atoms with Crippen molar-refractivity contribution in [3.63, 3.8) is 0 Å². The zero-order chi connectivity index (χ0) is 9.68. The number of nitrogens with one attached hydrogen (secondary N) is 1. The van der Waals surface area contributed by atoms with Gasteiger partial charge in [-0.3, -0.25) is 0 Å². The van der Waals surface area contributed by atoms with Gasteiger partial charge in [-0.2, -0.15) is 0 Å². The lowest BCUT2D eigenvalue weighted by Gasteiger charge is -2.09. The Morgan fingerprint density at radius 1 is 1.54 bits per heavy atom. The van der Waals surface area contributed by atoms with Crippen molar-refractivity contribution >= 4 is 0 Å². The van der Waals surface area contributed by atoms with E-state index in [4.69, 9.17) is 4.74 Å². The van der Waals surface area contributed by atoms with Gasteiger partial charge >= 0.3 is 0 Å². The van der Waals surface area contributed by atoms with Gasteiger partial charge in [0.05, 0.1) is 12.2 Å². The molecule has 1 rings (SSSR count). The molecule has 1 aliphatic heterocycles. The van der Waals surface area contributed by atoms with Crippen molar-refractivity contribution in [1.29, 1.82) is 0 Å². The summed E-state index contributed by atoms with van der Waals surface area (Å²) in [5.41, 5.74) is 1.46. The second-order valence-electron chi connectivity index (χ2n) is 3.77. The summed E-state index contributed by atoms with van der Waals surface area (Å²) >= 11 is 0. The number of hydrogen-bond donors (Lipinski definition) is 1. The quantitative estimate of drug-likeness (QED) is 0.674. The highest BCUT2D eigenvalue weighted by Crippen LogP contribution is 2.21. The molecule has 0 aromatic carbocycles. The zero-order valence-electron chi connectivity index (χ0n) is 8.97. The van der Waals surface area contributed by atoms with Gasteiger partial charge in [-0.1, -0.05) is 18.6 Å². The zero-order valence-corrected chi connectivity index (χ0v) is 8.97. The molecule has 0 aliphatic carbocycles. The Balaban J connectivity index is 2.42. The van der Waals surface area contributed by atoms with Crippen LogP contribution in [0.5, 0.6) is 0 Å². The highest BCUT2D eigenvalue weighted by molar-refractivity contribution is 5.07. The van der Waals surface area contributed by atoms with Gasteiger partial charge in [0.1, 0.15) is 0 Å². The van der Waals surface area contributed by atoms with E-state index in [1.807, 2.05) is 7.05 Å². The summed E-state index contributed by atoms with van der Waals surface area (Å²) in [7, 11) is 1.99. The lowest BCUT2D eigenvalue weighted by molar-refractivity contribution is 0.0827. The van der Waals surface area contributed by atoms with Gasteiger partial charge in [-0.15, -0.1) is 0 Å². The minimum Gasteiger partial charge on any atom is -0.371 e. The summed E-state index contributed by atoms with van der Waals surface area (Å²) in [6, 6.07) is 0. The van der Waals surface area contributed by atoms with Gasteiger partial charge in [-0.05, 0) is 33.2 Å². The summed E-state index contributed by atoms with van der Waals surface area (Å²) in [5, 5.41) is 3.18. The molecule has 1 heterocycles. The molecule has 0 amide bonds. The Hall–Kier alpha value is -0.340. The molecule has 0 radical (unpaired) electrons. The lowest BCUT2D eigenvalue weighted by atomic mass is 10.1. The molecule has 0 aromatic heterocycles. The van der Waals surface area contributed by atoms with Crippen molar-refractivity contribution in [3.8, 4) is 0 Å². The Labute approximate surface area is 81.4 Å². The smallest absolute Gasteiger partial charge is 0.0763 e. The van der Waals surface area contributed by atoms with E-state index in [-0.39, 0.29) is 0 Å². The third-order valence-corrected chi connectivity index (χ3v) is 2.54. The molecule has 1 N–H and O–H groups in total. The maximum Gasteiger partial charge on any atom is 0.0763 e. The van der Waals surface area contributed by atoms with Crippen molar-refractivity contribution in [2.24, 2.45) is 0 Å². The fraction of sp³-hybridized carbons (Fsp3) is 0.818. The predicted molar refractivity (Wildman–Crippen MR) is 55.9 cm³/mol. The van der Waals surface area contributed by atoms with Crippen molar-refractivity contribution < 1.29 is 4.74 Å². The second-order valence-corrected chi connectivity index (χ2v) is 3.77. The van der Waals surface area contributed by atoms with E-state index in [0.717, 1.165) is 13.0 Å². The van der Waals surface area contributed by atoms with E-state index in [0.29, 0.717) is 12.2 Å². The summed E-state index contributed by atoms with van der Waals surface area (Å²) < 4.78 is 5.74. The van der Waals surface area contributed by atoms with E-state index in [2.05, 4.69) is 25.2 Å². The van der Waals surface area contributed by atoms with Crippen LogP contribution in [-0.2, 0) is 4.74 Å². The summed E-state index contributed by atoms with van der Waals surface area (Å²) in [6.45, 7) is 5.34. The van der Waals surface area contributed by atoms with E-state index in [1.165, 1.54) is 18.4 Å². The van der Waals surface area contributed by atoms with E-state index >= 15 is 0 Å². The number of ether oxygens (including phenoxy) is 1. The summed E-state index contributed by atoms with van der Waals surface area (Å²) in [4.78, 5) is 0. The molecular formula is C11H21NO. The van der Waals surface area contributed by atoms with Crippen LogP contribution in [0.4, 0.5) is 0 Å². The van der Waals surface area contributed by atoms with Crippen LogP contribution in [0.15, 0.2) is 11.6 Å². The van der Waals surface area contributed by atoms with E-state index in [9.17, 15) is 0 Å². The SMILES string of the molecule is CC/C(=C\C1CCC(C)O1)CNC. The molecule has 13 heavy (non-hydrogen) atoms. The normalized spacial score (nSPS) is 29.6. The van der Waals surface area contributed by atoms with Crippen molar-refractivity contribution in [2.45, 2.75) is 45.3 Å². The average molecular weight is 183 g/mol. The molecule has 0 spiro atoms. The lowest BCUT2D eigenvalue weighted by Crippen LogP contribution is -2.13. The Kier molecular flexibility index (Phi) is 4.46. The van der Waals surface area contributed by atoms with Crippen LogP contribution in [0, 0.1) is 0 Å². The average Bonchev–Trinajstić information content (AvgIpc) is 2.50. The Bertz CT molecular complexity index is 177. The second kappa shape index (κ2) is 5.40. The Morgan fingerprint density at radius 2 is 2.31 bits per heavy atom. The molecule has 76 valence electrons. The van der Waals surface area contributed by atoms with Crippen molar-refractivity contribution in [3.05, 3.63) is 11.6 Å². The number of rotatable bonds is 4. The van der Waals surface area contributed by atoms with Crippen LogP contribution in [0.3, 0.4) is 0 Å². The molecule has 2 atom stereocenters. The minimum absolute atomic E-state index is 0.373. The van der Waals surface area contributed by atoms with Crippen LogP contribution in [0.1, 0.15) is 33.1 Å². The fourth-order valence-corrected chi connectivity index (χ4v) is 1.75. The molecule has 0 aromatic rings. The first-order chi connectivity index (χ1) is 6.26. The summed E-state index contributed by atoms with van der Waals surface area (Å²) in [5.74, 6) is 0. The summed E-state index contributed by atoms with van der Waals surface area (Å²) in [6.07, 6.45) is 6.63. The fourth-order valence-electron chi connectivity index (χ4n) is 1.75. The standard InChI is InChI=1S/C11H21NO/c1-4-10(8-12-3)7-11-6-5-9(2)13-11/h7,9,11-12H,4-6,8H2,1-3H3/b10-7+. The van der Waals surface area contributed by atoms with Crippen molar-refractivity contribution in [1.82, 2.24) is 5.32 Å². The highest BCUT2D eigenvalue weighted by Gasteiger charge is 2.19. The van der Waals surface area contributed by atoms with Gasteiger partial charge in [-0.25, -0.2) is 0 Å². The third kappa shape index (κ3) is 3.49. The minimum atomic E-state index is 0.373. The first-order valence-corrected chi connectivity index (χ1v) is 5.26. The van der Waals surface area contributed by atoms with Crippen LogP contribution >= 0.6 is 0 Å². The molecule has 1 saturated heterocycles. The van der Waals surface area contributed by atoms with Gasteiger partial charge in [0, 0.05) is 6.54 Å². The van der Waals surface area contributed by atoms with Gasteiger partial charge in [0.2, 0.25) is 0 Å². The maximum absolute atomic E-state index is 5.74. The third-order valence-electron chi connectivity index (χ3n) is 2.54. The monoisotopic (exact) mass is 183 g/mol. The Morgan fingerprint density at radius 3 is 2.77 bits per heavy atom. The van der Waals surface area contributed by atoms with Gasteiger partial charge < -0.3 is 10.1 Å². The molecule has 1 aliphatic rings. The molecule has 2 nitrogen and oxygen atoms in total. The topological polar surface area (TPSA) is 21.3 Å². The molecular weight excluding hydrogens is 162 g/mol. The van der Waals surface area contributed by atoms with Crippen LogP contribution in [-0.4, -0.2) is 25.8 Å². The van der Waals surface area contributed by atoms with Gasteiger partial charge in [0.25, 0.3) is 0 Å². The molecule has 2 heteroatoms. The first-order valence-electron chi connectivity index (χ1n) is 5.26. The van der Waals surface area contributed by atoms with Crippen LogP contribution in [0.25, 0.3) is 0 Å². The van der Waals surface area contributed by atoms with Crippen LogP contribution < -0.4 is 5.32 Å². The molecule has 0 bridgehead atoms. The first kappa shape index (κ1) is 10.7. The highest BCUT2D eigenvalue weighted by atomic mass is 16.5. The van der Waals surface area contributed by atoms with Gasteiger partial charge in [0.15, 0.2) is 0 Å². The predicted octanol–water partition coefficient (Wildman–Crippen LogP) is 2.11. The molecule has 2 unspecified atom stereocenters. The van der Waals surface area contributed by atoms with Crippen molar-refractivity contribution in [2.75, 3.05) is 13.6 Å². The number of likely N-dealkylation sites (N-methyl/N-ethyl adjacent to an activating group) is 1. The molecule has 1 fully saturated rings. The molecule has 0 saturated carbocycles. The largest absolute Gasteiger partial charge is 0.371 e. The van der Waals surface area contributed by atoms with E-state index < -0.39 is 0 Å². The number of hydrogen-bond acceptors (Lipinski definition) is 2. The van der Waals surface area contributed by atoms with Crippen LogP contribution in [0.2, 0.25) is 0 Å². The maximum atomic E-state index is 5.74.